The van der Waals surface area contributed by atoms with Crippen LogP contribution in [-0.2, 0) is 0 Å². The Kier molecular flexibility index (Phi) is 2.93. The minimum absolute atomic E-state index is 0.00157. The molecule has 0 spiro atoms. The summed E-state index contributed by atoms with van der Waals surface area (Å²) in [6.45, 7) is 1.61. The number of nitrogens with one attached hydrogen (secondary N) is 2. The summed E-state index contributed by atoms with van der Waals surface area (Å²) in [7, 11) is 0. The fourth-order valence-corrected chi connectivity index (χ4v) is 1.99. The lowest BCUT2D eigenvalue weighted by Gasteiger charge is -2.31. The summed E-state index contributed by atoms with van der Waals surface area (Å²) in [6.07, 6.45) is -3.48. The molecule has 0 radical (unpaired) electrons. The van der Waals surface area contributed by atoms with Gasteiger partial charge in [0.1, 0.15) is 11.4 Å². The first-order valence-corrected chi connectivity index (χ1v) is 5.26. The van der Waals surface area contributed by atoms with E-state index >= 15 is 0 Å². The molecule has 0 saturated carbocycles. The van der Waals surface area contributed by atoms with Gasteiger partial charge in [0.25, 0.3) is 5.91 Å². The normalized spacial score (nSPS) is 23.2. The molecule has 0 saturated heterocycles. The highest BCUT2D eigenvalue weighted by molar-refractivity contribution is 5.98. The van der Waals surface area contributed by atoms with Crippen LogP contribution in [0.3, 0.4) is 0 Å². The van der Waals surface area contributed by atoms with Gasteiger partial charge in [-0.3, -0.25) is 10.2 Å². The van der Waals surface area contributed by atoms with Gasteiger partial charge in [0.2, 0.25) is 0 Å². The van der Waals surface area contributed by atoms with Crippen molar-refractivity contribution in [3.05, 3.63) is 11.8 Å². The van der Waals surface area contributed by atoms with Crippen LogP contribution >= 0.6 is 0 Å². The fourth-order valence-electron chi connectivity index (χ4n) is 1.99. The maximum absolute atomic E-state index is 12.9. The van der Waals surface area contributed by atoms with Gasteiger partial charge in [0, 0.05) is 6.04 Å². The predicted octanol–water partition coefficient (Wildman–Crippen LogP) is 0.794. The van der Waals surface area contributed by atoms with E-state index in [2.05, 4.69) is 10.4 Å². The molecule has 0 aliphatic carbocycles. The van der Waals surface area contributed by atoms with Crippen molar-refractivity contribution in [3.63, 3.8) is 0 Å². The molecule has 1 aromatic heterocycles. The molecular weight excluding hydrogens is 251 g/mol. The van der Waals surface area contributed by atoms with Gasteiger partial charge in [-0.15, -0.1) is 0 Å². The van der Waals surface area contributed by atoms with E-state index < -0.39 is 24.2 Å². The number of amides is 1. The summed E-state index contributed by atoms with van der Waals surface area (Å²) >= 11 is 0. The highest BCUT2D eigenvalue weighted by Crippen LogP contribution is 2.39. The number of rotatable bonds is 1. The second-order valence-electron chi connectivity index (χ2n) is 4.16. The van der Waals surface area contributed by atoms with Crippen LogP contribution in [-0.4, -0.2) is 27.9 Å². The molecule has 0 fully saturated rings. The van der Waals surface area contributed by atoms with Crippen LogP contribution < -0.4 is 16.6 Å². The smallest absolute Gasteiger partial charge is 0.367 e. The number of nitrogen functional groups attached to an aromatic ring is 1. The lowest BCUT2D eigenvalue weighted by Crippen LogP contribution is -2.39. The summed E-state index contributed by atoms with van der Waals surface area (Å²) in [6, 6.07) is -2.15. The maximum atomic E-state index is 12.9. The Hall–Kier alpha value is -1.77. The largest absolute Gasteiger partial charge is 0.410 e. The molecule has 1 amide bonds. The average Bonchev–Trinajstić information content (AvgIpc) is 2.69. The molecule has 100 valence electrons. The van der Waals surface area contributed by atoms with Crippen molar-refractivity contribution in [2.75, 3.05) is 5.32 Å². The van der Waals surface area contributed by atoms with E-state index in [1.165, 1.54) is 0 Å². The van der Waals surface area contributed by atoms with Crippen molar-refractivity contribution in [1.82, 2.24) is 15.2 Å². The molecule has 1 aliphatic rings. The van der Waals surface area contributed by atoms with Gasteiger partial charge >= 0.3 is 6.18 Å². The summed E-state index contributed by atoms with van der Waals surface area (Å²) in [5, 5.41) is 6.44. The Labute approximate surface area is 100 Å². The number of nitrogens with zero attached hydrogens (tertiary/aromatic N) is 2. The SMILES string of the molecule is C[C@H]1C[C@@H](C(F)(F)F)n2ncc(C(=O)NN)c2N1. The third-order valence-corrected chi connectivity index (χ3v) is 2.80. The van der Waals surface area contributed by atoms with Gasteiger partial charge in [-0.1, -0.05) is 0 Å². The van der Waals surface area contributed by atoms with E-state index in [4.69, 9.17) is 5.84 Å². The first-order valence-electron chi connectivity index (χ1n) is 5.26. The van der Waals surface area contributed by atoms with E-state index in [0.717, 1.165) is 10.9 Å². The van der Waals surface area contributed by atoms with E-state index in [1.54, 1.807) is 6.92 Å². The number of hydrogen-bond acceptors (Lipinski definition) is 4. The number of fused-ring (bicyclic) bond motifs is 1. The van der Waals surface area contributed by atoms with Crippen LogP contribution in [0.15, 0.2) is 6.20 Å². The maximum Gasteiger partial charge on any atom is 0.410 e. The Morgan fingerprint density at radius 2 is 2.33 bits per heavy atom. The summed E-state index contributed by atoms with van der Waals surface area (Å²) < 4.78 is 39.4. The van der Waals surface area contributed by atoms with Crippen molar-refractivity contribution < 1.29 is 18.0 Å². The van der Waals surface area contributed by atoms with Crippen LogP contribution in [0.4, 0.5) is 19.0 Å². The molecule has 0 bridgehead atoms. The monoisotopic (exact) mass is 263 g/mol. The third kappa shape index (κ3) is 2.01. The molecule has 0 unspecified atom stereocenters. The number of nitrogens with two attached hydrogens (primary N) is 1. The van der Waals surface area contributed by atoms with Crippen LogP contribution in [0.1, 0.15) is 29.7 Å². The standard InChI is InChI=1S/C9H12F3N5O/c1-4-2-6(9(10,11)12)17-7(15-4)5(3-14-17)8(18)16-13/h3-4,6,15H,2,13H2,1H3,(H,16,18)/t4-,6-/m0/s1. The van der Waals surface area contributed by atoms with E-state index in [1.807, 2.05) is 5.43 Å². The zero-order valence-corrected chi connectivity index (χ0v) is 9.45. The molecule has 6 nitrogen and oxygen atoms in total. The number of carbonyl (C=O) groups excluding carboxylic acids is 1. The van der Waals surface area contributed by atoms with Gasteiger partial charge in [0.15, 0.2) is 6.04 Å². The van der Waals surface area contributed by atoms with Gasteiger partial charge in [-0.25, -0.2) is 10.5 Å². The minimum atomic E-state index is -4.41. The second kappa shape index (κ2) is 4.16. The lowest BCUT2D eigenvalue weighted by atomic mass is 10.1. The Morgan fingerprint density at radius 3 is 2.89 bits per heavy atom. The van der Waals surface area contributed by atoms with Crippen molar-refractivity contribution in [3.8, 4) is 0 Å². The van der Waals surface area contributed by atoms with Crippen LogP contribution in [0.2, 0.25) is 0 Å². The number of anilines is 1. The van der Waals surface area contributed by atoms with Gasteiger partial charge < -0.3 is 5.32 Å². The number of aromatic nitrogens is 2. The zero-order valence-electron chi connectivity index (χ0n) is 9.45. The number of halogens is 3. The third-order valence-electron chi connectivity index (χ3n) is 2.80. The molecule has 0 aromatic carbocycles. The predicted molar refractivity (Wildman–Crippen MR) is 56.7 cm³/mol. The highest BCUT2D eigenvalue weighted by atomic mass is 19.4. The quantitative estimate of drug-likeness (QED) is 0.397. The molecule has 2 atom stereocenters. The van der Waals surface area contributed by atoms with Gasteiger partial charge in [0.05, 0.1) is 6.20 Å². The Morgan fingerprint density at radius 1 is 1.67 bits per heavy atom. The van der Waals surface area contributed by atoms with Crippen molar-refractivity contribution in [2.45, 2.75) is 31.6 Å². The molecule has 2 heterocycles. The first-order chi connectivity index (χ1) is 8.34. The molecule has 18 heavy (non-hydrogen) atoms. The number of hydrogen-bond donors (Lipinski definition) is 3. The summed E-state index contributed by atoms with van der Waals surface area (Å²) in [4.78, 5) is 11.4. The van der Waals surface area contributed by atoms with Gasteiger partial charge in [-0.2, -0.15) is 18.3 Å². The molecular formula is C9H12F3N5O. The van der Waals surface area contributed by atoms with Crippen molar-refractivity contribution in [2.24, 2.45) is 5.84 Å². The van der Waals surface area contributed by atoms with Crippen molar-refractivity contribution >= 4 is 11.7 Å². The number of carbonyl (C=O) groups is 1. The van der Waals surface area contributed by atoms with E-state index in [-0.39, 0.29) is 17.8 Å². The Balaban J connectivity index is 2.46. The summed E-state index contributed by atoms with van der Waals surface area (Å²) in [5.41, 5.74) is 1.87. The Bertz CT molecular complexity index is 469. The molecule has 2 rings (SSSR count). The average molecular weight is 263 g/mol. The zero-order chi connectivity index (χ0) is 13.5. The highest BCUT2D eigenvalue weighted by Gasteiger charge is 2.46. The van der Waals surface area contributed by atoms with Crippen LogP contribution in [0, 0.1) is 0 Å². The molecule has 1 aromatic rings. The second-order valence-corrected chi connectivity index (χ2v) is 4.16. The van der Waals surface area contributed by atoms with Crippen LogP contribution in [0.25, 0.3) is 0 Å². The molecule has 1 aliphatic heterocycles. The number of hydrazine groups is 1. The van der Waals surface area contributed by atoms with Crippen molar-refractivity contribution in [1.29, 1.82) is 0 Å². The van der Waals surface area contributed by atoms with Crippen LogP contribution in [0.5, 0.6) is 0 Å². The topological polar surface area (TPSA) is 85.0 Å². The molecule has 9 heteroatoms. The minimum Gasteiger partial charge on any atom is -0.367 e. The summed E-state index contributed by atoms with van der Waals surface area (Å²) in [5.74, 6) is 4.32. The van der Waals surface area contributed by atoms with Gasteiger partial charge in [-0.05, 0) is 13.3 Å². The fraction of sp³-hybridized carbons (Fsp3) is 0.556. The van der Waals surface area contributed by atoms with E-state index in [0.29, 0.717) is 0 Å². The van der Waals surface area contributed by atoms with E-state index in [9.17, 15) is 18.0 Å². The first kappa shape index (κ1) is 12.7. The number of alkyl halides is 3. The lowest BCUT2D eigenvalue weighted by molar-refractivity contribution is -0.173. The molecule has 4 N–H and O–H groups in total.